The van der Waals surface area contributed by atoms with Crippen molar-refractivity contribution in [1.29, 1.82) is 0 Å². The van der Waals surface area contributed by atoms with Crippen LogP contribution in [-0.2, 0) is 9.59 Å². The van der Waals surface area contributed by atoms with Gasteiger partial charge in [0.2, 0.25) is 6.79 Å². The number of ketones is 1. The molecule has 8 heteroatoms. The molecule has 8 nitrogen and oxygen atoms in total. The molecule has 3 heterocycles. The van der Waals surface area contributed by atoms with Crippen LogP contribution in [0.3, 0.4) is 0 Å². The molecule has 1 aromatic heterocycles. The summed E-state index contributed by atoms with van der Waals surface area (Å²) in [7, 11) is 0. The second kappa shape index (κ2) is 9.11. The molecule has 1 atom stereocenters. The summed E-state index contributed by atoms with van der Waals surface area (Å²) in [6.07, 6.45) is 0. The molecule has 0 saturated carbocycles. The molecule has 2 aromatic carbocycles. The van der Waals surface area contributed by atoms with Crippen molar-refractivity contribution < 1.29 is 33.3 Å². The molecule has 0 spiro atoms. The Balaban J connectivity index is 1.61. The molecule has 0 bridgehead atoms. The Hall–Kier alpha value is -4.20. The molecule has 3 aromatic rings. The van der Waals surface area contributed by atoms with Gasteiger partial charge in [-0.3, -0.25) is 14.5 Å². The van der Waals surface area contributed by atoms with E-state index in [1.54, 1.807) is 55.5 Å². The van der Waals surface area contributed by atoms with E-state index in [1.165, 1.54) is 4.90 Å². The van der Waals surface area contributed by atoms with Crippen LogP contribution in [0.25, 0.3) is 5.76 Å². The minimum atomic E-state index is -0.962. The molecule has 36 heavy (non-hydrogen) atoms. The van der Waals surface area contributed by atoms with Crippen LogP contribution in [0.5, 0.6) is 17.2 Å². The Morgan fingerprint density at radius 1 is 1.06 bits per heavy atom. The average Bonchev–Trinajstić information content (AvgIpc) is 3.55. The number of amides is 1. The van der Waals surface area contributed by atoms with Gasteiger partial charge in [-0.25, -0.2) is 0 Å². The molecular formula is C28H27NO7. The fraction of sp³-hybridized carbons (Fsp3) is 0.286. The highest BCUT2D eigenvalue weighted by Gasteiger charge is 2.48. The highest BCUT2D eigenvalue weighted by molar-refractivity contribution is 6.51. The first kappa shape index (κ1) is 23.5. The van der Waals surface area contributed by atoms with Gasteiger partial charge in [-0.15, -0.1) is 0 Å². The fourth-order valence-electron chi connectivity index (χ4n) is 4.37. The highest BCUT2D eigenvalue weighted by atomic mass is 16.7. The van der Waals surface area contributed by atoms with E-state index in [9.17, 15) is 14.7 Å². The topological polar surface area (TPSA) is 98.4 Å². The maximum absolute atomic E-state index is 13.3. The molecule has 1 amide bonds. The minimum absolute atomic E-state index is 0.0535. The maximum Gasteiger partial charge on any atom is 0.300 e. The molecule has 1 N–H and O–H groups in total. The van der Waals surface area contributed by atoms with Crippen LogP contribution in [0.2, 0.25) is 0 Å². The van der Waals surface area contributed by atoms with Crippen molar-refractivity contribution in [2.45, 2.75) is 33.7 Å². The van der Waals surface area contributed by atoms with E-state index in [4.69, 9.17) is 18.6 Å². The number of carbonyl (C=O) groups is 2. The highest BCUT2D eigenvalue weighted by Crippen LogP contribution is 2.45. The van der Waals surface area contributed by atoms with E-state index < -0.39 is 17.7 Å². The van der Waals surface area contributed by atoms with Crippen LogP contribution in [-0.4, -0.2) is 30.2 Å². The molecule has 5 rings (SSSR count). The number of aliphatic hydroxyl groups excluding tert-OH is 1. The number of rotatable bonds is 6. The molecule has 186 valence electrons. The van der Waals surface area contributed by atoms with Gasteiger partial charge >= 0.3 is 0 Å². The van der Waals surface area contributed by atoms with Gasteiger partial charge in [0, 0.05) is 17.3 Å². The van der Waals surface area contributed by atoms with Crippen molar-refractivity contribution in [3.8, 4) is 17.2 Å². The SMILES string of the molecule is Cc1ccc(C2/C(=C(/O)c3ccc(OCC(C)C)c(C)c3)C(=O)C(=O)N2c2ccc3c(c2)OCO3)o1. The Bertz CT molecular complexity index is 1380. The summed E-state index contributed by atoms with van der Waals surface area (Å²) < 4.78 is 22.5. The smallest absolute Gasteiger partial charge is 0.300 e. The van der Waals surface area contributed by atoms with Crippen molar-refractivity contribution in [2.75, 3.05) is 18.3 Å². The summed E-state index contributed by atoms with van der Waals surface area (Å²) in [6, 6.07) is 12.7. The van der Waals surface area contributed by atoms with E-state index >= 15 is 0 Å². The third kappa shape index (κ3) is 4.08. The third-order valence-corrected chi connectivity index (χ3v) is 6.13. The lowest BCUT2D eigenvalue weighted by Gasteiger charge is -2.23. The summed E-state index contributed by atoms with van der Waals surface area (Å²) in [5.74, 6) is 1.19. The van der Waals surface area contributed by atoms with Gasteiger partial charge in [0.15, 0.2) is 11.5 Å². The summed E-state index contributed by atoms with van der Waals surface area (Å²) in [4.78, 5) is 28.0. The lowest BCUT2D eigenvalue weighted by atomic mass is 9.98. The third-order valence-electron chi connectivity index (χ3n) is 6.13. The first-order valence-electron chi connectivity index (χ1n) is 11.8. The maximum atomic E-state index is 13.3. The van der Waals surface area contributed by atoms with Crippen molar-refractivity contribution >= 4 is 23.1 Å². The predicted molar refractivity (Wildman–Crippen MR) is 132 cm³/mol. The van der Waals surface area contributed by atoms with Crippen LogP contribution in [0.15, 0.2) is 58.5 Å². The van der Waals surface area contributed by atoms with E-state index in [0.29, 0.717) is 52.5 Å². The van der Waals surface area contributed by atoms with Gasteiger partial charge < -0.3 is 23.7 Å². The van der Waals surface area contributed by atoms with Gasteiger partial charge in [-0.05, 0) is 67.8 Å². The minimum Gasteiger partial charge on any atom is -0.507 e. The van der Waals surface area contributed by atoms with Crippen molar-refractivity contribution in [3.05, 3.63) is 76.8 Å². The molecule has 1 saturated heterocycles. The standard InChI is InChI=1S/C28H27NO7/c1-15(2)13-33-20-9-6-18(11-16(20)3)26(30)24-25(22-8-5-17(4)36-22)29(28(32)27(24)31)19-7-10-21-23(12-19)35-14-34-21/h5-12,15,25,30H,13-14H2,1-4H3/b26-24-. The Labute approximate surface area is 208 Å². The zero-order valence-electron chi connectivity index (χ0n) is 20.5. The molecular weight excluding hydrogens is 462 g/mol. The monoisotopic (exact) mass is 489 g/mol. The molecule has 0 radical (unpaired) electrons. The van der Waals surface area contributed by atoms with Crippen LogP contribution < -0.4 is 19.1 Å². The number of aryl methyl sites for hydroxylation is 2. The van der Waals surface area contributed by atoms with Crippen LogP contribution in [0.1, 0.15) is 42.5 Å². The quantitative estimate of drug-likeness (QED) is 0.285. The Morgan fingerprint density at radius 2 is 1.83 bits per heavy atom. The second-order valence-electron chi connectivity index (χ2n) is 9.34. The van der Waals surface area contributed by atoms with Gasteiger partial charge in [0.05, 0.1) is 12.2 Å². The molecule has 0 aliphatic carbocycles. The van der Waals surface area contributed by atoms with Crippen LogP contribution >= 0.6 is 0 Å². The number of furan rings is 1. The number of hydrogen-bond acceptors (Lipinski definition) is 7. The first-order chi connectivity index (χ1) is 17.2. The Kier molecular flexibility index (Phi) is 5.96. The van der Waals surface area contributed by atoms with Gasteiger partial charge in [0.1, 0.15) is 29.1 Å². The zero-order valence-corrected chi connectivity index (χ0v) is 20.5. The fourth-order valence-corrected chi connectivity index (χ4v) is 4.37. The summed E-state index contributed by atoms with van der Waals surface area (Å²) >= 11 is 0. The van der Waals surface area contributed by atoms with Gasteiger partial charge in [-0.1, -0.05) is 13.8 Å². The second-order valence-corrected chi connectivity index (χ2v) is 9.34. The average molecular weight is 490 g/mol. The number of ether oxygens (including phenoxy) is 3. The number of carbonyl (C=O) groups excluding carboxylic acids is 2. The lowest BCUT2D eigenvalue weighted by molar-refractivity contribution is -0.132. The van der Waals surface area contributed by atoms with E-state index in [1.807, 2.05) is 6.92 Å². The number of nitrogens with zero attached hydrogens (tertiary/aromatic N) is 1. The van der Waals surface area contributed by atoms with Gasteiger partial charge in [0.25, 0.3) is 11.7 Å². The molecule has 2 aliphatic heterocycles. The number of fused-ring (bicyclic) bond motifs is 1. The largest absolute Gasteiger partial charge is 0.507 e. The molecule has 2 aliphatic rings. The predicted octanol–water partition coefficient (Wildman–Crippen LogP) is 5.29. The van der Waals surface area contributed by atoms with Crippen molar-refractivity contribution in [1.82, 2.24) is 0 Å². The van der Waals surface area contributed by atoms with E-state index in [-0.39, 0.29) is 18.1 Å². The van der Waals surface area contributed by atoms with Gasteiger partial charge in [-0.2, -0.15) is 0 Å². The molecule has 1 fully saturated rings. The van der Waals surface area contributed by atoms with Crippen molar-refractivity contribution in [3.63, 3.8) is 0 Å². The van der Waals surface area contributed by atoms with Crippen molar-refractivity contribution in [2.24, 2.45) is 5.92 Å². The van der Waals surface area contributed by atoms with E-state index in [0.717, 1.165) is 5.56 Å². The summed E-state index contributed by atoms with van der Waals surface area (Å²) in [5.41, 5.74) is 1.58. The lowest BCUT2D eigenvalue weighted by Crippen LogP contribution is -2.29. The Morgan fingerprint density at radius 3 is 2.53 bits per heavy atom. The number of Topliss-reactive ketones (excluding diaryl/α,β-unsaturated/α-hetero) is 1. The summed E-state index contributed by atoms with van der Waals surface area (Å²) in [6.45, 7) is 8.40. The first-order valence-corrected chi connectivity index (χ1v) is 11.8. The van der Waals surface area contributed by atoms with Crippen LogP contribution in [0.4, 0.5) is 5.69 Å². The number of hydrogen-bond donors (Lipinski definition) is 1. The zero-order chi connectivity index (χ0) is 25.6. The normalized spacial score (nSPS) is 18.4. The summed E-state index contributed by atoms with van der Waals surface area (Å²) in [5, 5.41) is 11.4. The number of aliphatic hydroxyl groups is 1. The number of anilines is 1. The number of benzene rings is 2. The van der Waals surface area contributed by atoms with Crippen LogP contribution in [0, 0.1) is 19.8 Å². The van der Waals surface area contributed by atoms with E-state index in [2.05, 4.69) is 13.8 Å². The molecule has 1 unspecified atom stereocenters.